The van der Waals surface area contributed by atoms with E-state index in [2.05, 4.69) is 10.6 Å². The van der Waals surface area contributed by atoms with E-state index in [4.69, 9.17) is 4.74 Å². The Morgan fingerprint density at radius 2 is 1.87 bits per heavy atom. The summed E-state index contributed by atoms with van der Waals surface area (Å²) in [6.07, 6.45) is 3.33. The van der Waals surface area contributed by atoms with E-state index < -0.39 is 0 Å². The lowest BCUT2D eigenvalue weighted by Crippen LogP contribution is -2.40. The van der Waals surface area contributed by atoms with Crippen LogP contribution in [-0.2, 0) is 23.9 Å². The van der Waals surface area contributed by atoms with Crippen molar-refractivity contribution in [1.82, 2.24) is 15.5 Å². The Balaban J connectivity index is 2.38. The molecule has 1 rings (SSSR count). The molecular weight excluding hydrogens is 406 g/mol. The Morgan fingerprint density at radius 3 is 2.40 bits per heavy atom. The summed E-state index contributed by atoms with van der Waals surface area (Å²) in [5.74, 6) is -0.621. The van der Waals surface area contributed by atoms with Gasteiger partial charge in [0.1, 0.15) is 0 Å². The van der Waals surface area contributed by atoms with Crippen molar-refractivity contribution < 1.29 is 23.9 Å². The summed E-state index contributed by atoms with van der Waals surface area (Å²) in [6.45, 7) is 9.48. The van der Waals surface area contributed by atoms with Gasteiger partial charge in [0.05, 0.1) is 18.5 Å². The Morgan fingerprint density at radius 1 is 1.20 bits per heavy atom. The van der Waals surface area contributed by atoms with Crippen LogP contribution in [0.4, 0.5) is 0 Å². The van der Waals surface area contributed by atoms with Crippen molar-refractivity contribution in [1.29, 1.82) is 0 Å². The predicted octanol–water partition coefficient (Wildman–Crippen LogP) is 1.58. The van der Waals surface area contributed by atoms with Gasteiger partial charge in [0.2, 0.25) is 23.6 Å². The van der Waals surface area contributed by atoms with E-state index >= 15 is 0 Å². The van der Waals surface area contributed by atoms with Crippen molar-refractivity contribution in [3.63, 3.8) is 0 Å². The first-order chi connectivity index (χ1) is 14.0. The van der Waals surface area contributed by atoms with Crippen molar-refractivity contribution in [2.75, 3.05) is 39.6 Å². The number of amides is 4. The number of carbonyl (C=O) groups is 4. The second-order valence-corrected chi connectivity index (χ2v) is 10.1. The van der Waals surface area contributed by atoms with E-state index in [0.717, 1.165) is 6.42 Å². The molecule has 0 aliphatic carbocycles. The molecule has 9 heteroatoms. The molecule has 0 aromatic carbocycles. The van der Waals surface area contributed by atoms with Crippen LogP contribution in [-0.4, -0.2) is 73.4 Å². The van der Waals surface area contributed by atoms with Crippen LogP contribution in [0.3, 0.4) is 0 Å². The summed E-state index contributed by atoms with van der Waals surface area (Å²) in [7, 11) is 1.63. The van der Waals surface area contributed by atoms with Gasteiger partial charge in [-0.3, -0.25) is 24.1 Å². The smallest absolute Gasteiger partial charge is 0.242 e. The second-order valence-electron chi connectivity index (χ2n) is 9.01. The van der Waals surface area contributed by atoms with E-state index in [1.807, 2.05) is 27.7 Å². The number of hydrogen-bond acceptors (Lipinski definition) is 6. The number of imide groups is 1. The minimum absolute atomic E-state index is 0.00621. The lowest BCUT2D eigenvalue weighted by molar-refractivity contribution is -0.138. The fraction of sp³-hybridized carbons (Fsp3) is 0.810. The number of nitrogens with zero attached hydrogens (tertiary/aromatic N) is 1. The average molecular weight is 444 g/mol. The van der Waals surface area contributed by atoms with Gasteiger partial charge in [-0.05, 0) is 18.1 Å². The summed E-state index contributed by atoms with van der Waals surface area (Å²) in [4.78, 5) is 49.1. The highest BCUT2D eigenvalue weighted by atomic mass is 32.2. The van der Waals surface area contributed by atoms with E-state index in [-0.39, 0.29) is 59.1 Å². The molecule has 30 heavy (non-hydrogen) atoms. The van der Waals surface area contributed by atoms with Crippen molar-refractivity contribution in [3.05, 3.63) is 0 Å². The first-order valence-electron chi connectivity index (χ1n) is 10.4. The zero-order valence-electron chi connectivity index (χ0n) is 19.1. The number of carbonyl (C=O) groups excluding carboxylic acids is 4. The molecule has 0 radical (unpaired) electrons. The minimum Gasteiger partial charge on any atom is -0.380 e. The lowest BCUT2D eigenvalue weighted by Gasteiger charge is -2.30. The van der Waals surface area contributed by atoms with Crippen LogP contribution < -0.4 is 10.6 Å². The molecule has 2 N–H and O–H groups in total. The highest BCUT2D eigenvalue weighted by Crippen LogP contribution is 2.27. The average Bonchev–Trinajstić information content (AvgIpc) is 2.97. The Bertz CT molecular complexity index is 640. The first kappa shape index (κ1) is 26.4. The van der Waals surface area contributed by atoms with Crippen LogP contribution >= 0.6 is 11.8 Å². The molecule has 0 spiro atoms. The molecule has 0 saturated carbocycles. The van der Waals surface area contributed by atoms with Crippen LogP contribution in [0.1, 0.15) is 53.4 Å². The fourth-order valence-electron chi connectivity index (χ4n) is 3.09. The highest BCUT2D eigenvalue weighted by Gasteiger charge is 2.37. The fourth-order valence-corrected chi connectivity index (χ4v) is 3.73. The van der Waals surface area contributed by atoms with E-state index in [0.29, 0.717) is 26.2 Å². The maximum absolute atomic E-state index is 12.2. The summed E-state index contributed by atoms with van der Waals surface area (Å²) in [6, 6.07) is 0. The van der Waals surface area contributed by atoms with E-state index in [1.165, 1.54) is 16.7 Å². The molecule has 1 aliphatic rings. The number of rotatable bonds is 13. The number of thioether (sulfide) groups is 1. The third kappa shape index (κ3) is 8.26. The SMILES string of the molecule is CCC(C)(COCC(C)(C)CNC(=O)CCN1C(=O)CC(SC)C1=O)CC(=O)NC. The molecule has 0 aromatic rings. The van der Waals surface area contributed by atoms with Crippen LogP contribution in [0.2, 0.25) is 0 Å². The number of likely N-dealkylation sites (tertiary alicyclic amines) is 1. The molecule has 4 amide bonds. The van der Waals surface area contributed by atoms with Gasteiger partial charge in [-0.1, -0.05) is 27.7 Å². The largest absolute Gasteiger partial charge is 0.380 e. The maximum Gasteiger partial charge on any atom is 0.242 e. The number of nitrogens with one attached hydrogen (secondary N) is 2. The molecule has 2 atom stereocenters. The van der Waals surface area contributed by atoms with Crippen molar-refractivity contribution in [2.45, 2.75) is 58.6 Å². The van der Waals surface area contributed by atoms with Gasteiger partial charge in [-0.25, -0.2) is 0 Å². The highest BCUT2D eigenvalue weighted by molar-refractivity contribution is 8.00. The normalized spacial score (nSPS) is 19.0. The zero-order valence-corrected chi connectivity index (χ0v) is 19.9. The molecular formula is C21H37N3O5S. The van der Waals surface area contributed by atoms with Crippen molar-refractivity contribution in [3.8, 4) is 0 Å². The minimum atomic E-state index is -0.325. The van der Waals surface area contributed by atoms with Gasteiger partial charge in [0.15, 0.2) is 0 Å². The molecule has 1 fully saturated rings. The third-order valence-corrected chi connectivity index (χ3v) is 6.41. The summed E-state index contributed by atoms with van der Waals surface area (Å²) in [5, 5.41) is 5.19. The van der Waals surface area contributed by atoms with Gasteiger partial charge < -0.3 is 15.4 Å². The zero-order chi connectivity index (χ0) is 22.9. The van der Waals surface area contributed by atoms with Crippen molar-refractivity contribution >= 4 is 35.4 Å². The second kappa shape index (κ2) is 11.7. The van der Waals surface area contributed by atoms with Gasteiger partial charge >= 0.3 is 0 Å². The Hall–Kier alpha value is -1.61. The summed E-state index contributed by atoms with van der Waals surface area (Å²) >= 11 is 1.36. The monoisotopic (exact) mass is 443 g/mol. The molecule has 1 saturated heterocycles. The maximum atomic E-state index is 12.2. The quantitative estimate of drug-likeness (QED) is 0.419. The summed E-state index contributed by atoms with van der Waals surface area (Å²) < 4.78 is 5.89. The van der Waals surface area contributed by atoms with E-state index in [1.54, 1.807) is 13.3 Å². The van der Waals surface area contributed by atoms with Gasteiger partial charge in [-0.2, -0.15) is 11.8 Å². The molecule has 8 nitrogen and oxygen atoms in total. The molecule has 1 heterocycles. The standard InChI is InChI=1S/C21H37N3O5S/c1-7-21(4,11-17(26)22-5)14-29-13-20(2,3)12-23-16(25)8-9-24-18(27)10-15(30-6)19(24)28/h15H,7-14H2,1-6H3,(H,22,26)(H,23,25). The topological polar surface area (TPSA) is 105 Å². The first-order valence-corrected chi connectivity index (χ1v) is 11.7. The Kier molecular flexibility index (Phi) is 10.3. The third-order valence-electron chi connectivity index (χ3n) is 5.48. The molecule has 2 unspecified atom stereocenters. The molecule has 0 aromatic heterocycles. The van der Waals surface area contributed by atoms with Gasteiger partial charge in [0.25, 0.3) is 0 Å². The molecule has 1 aliphatic heterocycles. The van der Waals surface area contributed by atoms with Crippen LogP contribution in [0, 0.1) is 10.8 Å². The van der Waals surface area contributed by atoms with Crippen LogP contribution in [0.25, 0.3) is 0 Å². The predicted molar refractivity (Wildman–Crippen MR) is 118 cm³/mol. The number of ether oxygens (including phenoxy) is 1. The molecule has 0 bridgehead atoms. The summed E-state index contributed by atoms with van der Waals surface area (Å²) in [5.41, 5.74) is -0.524. The van der Waals surface area contributed by atoms with Crippen LogP contribution in [0.15, 0.2) is 0 Å². The Labute approximate surface area is 184 Å². The van der Waals surface area contributed by atoms with Crippen LogP contribution in [0.5, 0.6) is 0 Å². The van der Waals surface area contributed by atoms with Gasteiger partial charge in [-0.15, -0.1) is 0 Å². The van der Waals surface area contributed by atoms with E-state index in [9.17, 15) is 19.2 Å². The lowest BCUT2D eigenvalue weighted by atomic mass is 9.84. The number of hydrogen-bond donors (Lipinski definition) is 2. The van der Waals surface area contributed by atoms with Gasteiger partial charge in [0, 0.05) is 44.8 Å². The molecule has 172 valence electrons. The van der Waals surface area contributed by atoms with Crippen molar-refractivity contribution in [2.24, 2.45) is 10.8 Å².